The maximum atomic E-state index is 12.8. The summed E-state index contributed by atoms with van der Waals surface area (Å²) in [6, 6.07) is 6.58. The summed E-state index contributed by atoms with van der Waals surface area (Å²) in [6.45, 7) is 3.66. The first-order chi connectivity index (χ1) is 9.00. The zero-order valence-electron chi connectivity index (χ0n) is 10.7. The van der Waals surface area contributed by atoms with Crippen LogP contribution in [0.15, 0.2) is 29.2 Å². The van der Waals surface area contributed by atoms with Crippen LogP contribution >= 0.6 is 11.6 Å². The fourth-order valence-electron chi connectivity index (χ4n) is 3.27. The third-order valence-corrected chi connectivity index (χ3v) is 6.40. The number of rotatable bonds is 2. The molecule has 2 heterocycles. The van der Waals surface area contributed by atoms with Gasteiger partial charge < -0.3 is 5.32 Å². The number of fused-ring (bicyclic) bond motifs is 1. The second-order valence-electron chi connectivity index (χ2n) is 5.36. The Balaban J connectivity index is 1.97. The monoisotopic (exact) mass is 300 g/mol. The Kier molecular flexibility index (Phi) is 3.33. The molecule has 2 aliphatic heterocycles. The topological polar surface area (TPSA) is 49.4 Å². The summed E-state index contributed by atoms with van der Waals surface area (Å²) in [5.41, 5.74) is 0. The van der Waals surface area contributed by atoms with Gasteiger partial charge in [-0.15, -0.1) is 0 Å². The van der Waals surface area contributed by atoms with Gasteiger partial charge in [0, 0.05) is 23.7 Å². The van der Waals surface area contributed by atoms with Gasteiger partial charge in [-0.2, -0.15) is 4.31 Å². The molecule has 1 N–H and O–H groups in total. The first-order valence-electron chi connectivity index (χ1n) is 6.50. The smallest absolute Gasteiger partial charge is 0.243 e. The fourth-order valence-corrected chi connectivity index (χ4v) is 5.28. The quantitative estimate of drug-likeness (QED) is 0.904. The minimum atomic E-state index is -3.42. The van der Waals surface area contributed by atoms with Crippen molar-refractivity contribution in [3.8, 4) is 0 Å². The van der Waals surface area contributed by atoms with Gasteiger partial charge in [0.15, 0.2) is 0 Å². The number of nitrogens with one attached hydrogen (secondary N) is 1. The molecule has 104 valence electrons. The second-order valence-corrected chi connectivity index (χ2v) is 7.64. The summed E-state index contributed by atoms with van der Waals surface area (Å²) >= 11 is 5.82. The van der Waals surface area contributed by atoms with Gasteiger partial charge in [0.25, 0.3) is 0 Å². The molecule has 1 aromatic rings. The maximum Gasteiger partial charge on any atom is 0.243 e. The molecule has 2 fully saturated rings. The SMILES string of the molecule is CC1CC2CNCC2N1S(=O)(=O)c1ccc(Cl)cc1. The molecule has 0 amide bonds. The minimum absolute atomic E-state index is 0.0674. The molecule has 2 aliphatic rings. The molecule has 0 aromatic heterocycles. The lowest BCUT2D eigenvalue weighted by Gasteiger charge is -2.26. The summed E-state index contributed by atoms with van der Waals surface area (Å²) in [5, 5.41) is 3.83. The Morgan fingerprint density at radius 1 is 1.26 bits per heavy atom. The summed E-state index contributed by atoms with van der Waals surface area (Å²) in [7, 11) is -3.42. The van der Waals surface area contributed by atoms with Gasteiger partial charge in [-0.25, -0.2) is 8.42 Å². The van der Waals surface area contributed by atoms with Gasteiger partial charge in [0.05, 0.1) is 4.90 Å². The zero-order valence-corrected chi connectivity index (χ0v) is 12.3. The van der Waals surface area contributed by atoms with Crippen molar-refractivity contribution in [3.05, 3.63) is 29.3 Å². The van der Waals surface area contributed by atoms with E-state index in [4.69, 9.17) is 11.6 Å². The molecular weight excluding hydrogens is 284 g/mol. The van der Waals surface area contributed by atoms with Crippen LogP contribution in [0.4, 0.5) is 0 Å². The van der Waals surface area contributed by atoms with Crippen molar-refractivity contribution in [1.29, 1.82) is 0 Å². The van der Waals surface area contributed by atoms with E-state index in [9.17, 15) is 8.42 Å². The molecular formula is C13H17ClN2O2S. The average molecular weight is 301 g/mol. The van der Waals surface area contributed by atoms with Crippen molar-refractivity contribution < 1.29 is 8.42 Å². The van der Waals surface area contributed by atoms with Crippen LogP contribution in [-0.4, -0.2) is 37.9 Å². The molecule has 3 unspecified atom stereocenters. The van der Waals surface area contributed by atoms with E-state index in [0.717, 1.165) is 19.5 Å². The highest BCUT2D eigenvalue weighted by atomic mass is 35.5. The highest BCUT2D eigenvalue weighted by molar-refractivity contribution is 7.89. The number of benzene rings is 1. The molecule has 3 atom stereocenters. The predicted octanol–water partition coefficient (Wildman–Crippen LogP) is 1.71. The van der Waals surface area contributed by atoms with E-state index in [2.05, 4.69) is 5.32 Å². The maximum absolute atomic E-state index is 12.8. The molecule has 2 saturated heterocycles. The number of halogens is 1. The zero-order chi connectivity index (χ0) is 13.6. The van der Waals surface area contributed by atoms with Crippen LogP contribution in [0.1, 0.15) is 13.3 Å². The number of hydrogen-bond acceptors (Lipinski definition) is 3. The van der Waals surface area contributed by atoms with Crippen molar-refractivity contribution in [2.75, 3.05) is 13.1 Å². The molecule has 19 heavy (non-hydrogen) atoms. The average Bonchev–Trinajstić information content (AvgIpc) is 2.88. The van der Waals surface area contributed by atoms with E-state index in [-0.39, 0.29) is 12.1 Å². The molecule has 4 nitrogen and oxygen atoms in total. The normalized spacial score (nSPS) is 31.6. The molecule has 1 aromatic carbocycles. The van der Waals surface area contributed by atoms with Crippen LogP contribution in [0, 0.1) is 5.92 Å². The van der Waals surface area contributed by atoms with E-state index in [0.29, 0.717) is 15.8 Å². The van der Waals surface area contributed by atoms with E-state index >= 15 is 0 Å². The molecule has 3 rings (SSSR count). The van der Waals surface area contributed by atoms with Gasteiger partial charge in [-0.3, -0.25) is 0 Å². The van der Waals surface area contributed by atoms with Crippen LogP contribution in [0.5, 0.6) is 0 Å². The van der Waals surface area contributed by atoms with Gasteiger partial charge >= 0.3 is 0 Å². The number of nitrogens with zero attached hydrogens (tertiary/aromatic N) is 1. The van der Waals surface area contributed by atoms with Crippen molar-refractivity contribution in [1.82, 2.24) is 9.62 Å². The van der Waals surface area contributed by atoms with Gasteiger partial charge in [0.2, 0.25) is 10.0 Å². The number of sulfonamides is 1. The Bertz CT molecular complexity index is 573. The Morgan fingerprint density at radius 2 is 1.95 bits per heavy atom. The van der Waals surface area contributed by atoms with Crippen molar-refractivity contribution in [2.45, 2.75) is 30.3 Å². The van der Waals surface area contributed by atoms with Gasteiger partial charge in [-0.1, -0.05) is 11.6 Å². The van der Waals surface area contributed by atoms with Crippen LogP contribution in [-0.2, 0) is 10.0 Å². The van der Waals surface area contributed by atoms with Crippen molar-refractivity contribution >= 4 is 21.6 Å². The lowest BCUT2D eigenvalue weighted by molar-refractivity contribution is 0.336. The van der Waals surface area contributed by atoms with Crippen molar-refractivity contribution in [2.24, 2.45) is 5.92 Å². The van der Waals surface area contributed by atoms with E-state index < -0.39 is 10.0 Å². The Morgan fingerprint density at radius 3 is 2.63 bits per heavy atom. The van der Waals surface area contributed by atoms with Gasteiger partial charge in [-0.05, 0) is 50.1 Å². The summed E-state index contributed by atoms with van der Waals surface area (Å²) in [5.74, 6) is 0.442. The van der Waals surface area contributed by atoms with Crippen LogP contribution in [0.25, 0.3) is 0 Å². The van der Waals surface area contributed by atoms with Crippen LogP contribution in [0.3, 0.4) is 0 Å². The summed E-state index contributed by atoms with van der Waals surface area (Å²) in [4.78, 5) is 0.330. The molecule has 0 aliphatic carbocycles. The molecule has 0 radical (unpaired) electrons. The third kappa shape index (κ3) is 2.18. The van der Waals surface area contributed by atoms with E-state index in [1.165, 1.54) is 0 Å². The molecule has 0 saturated carbocycles. The summed E-state index contributed by atoms with van der Waals surface area (Å²) in [6.07, 6.45) is 0.935. The first-order valence-corrected chi connectivity index (χ1v) is 8.32. The lowest BCUT2D eigenvalue weighted by Crippen LogP contribution is -2.42. The lowest BCUT2D eigenvalue weighted by atomic mass is 10.0. The Labute approximate surface area is 118 Å². The third-order valence-electron chi connectivity index (χ3n) is 4.10. The largest absolute Gasteiger partial charge is 0.315 e. The molecule has 6 heteroatoms. The van der Waals surface area contributed by atoms with Gasteiger partial charge in [0.1, 0.15) is 0 Å². The number of hydrogen-bond donors (Lipinski definition) is 1. The highest BCUT2D eigenvalue weighted by Crippen LogP contribution is 2.36. The first kappa shape index (κ1) is 13.4. The van der Waals surface area contributed by atoms with E-state index in [1.807, 2.05) is 6.92 Å². The predicted molar refractivity (Wildman–Crippen MR) is 74.7 cm³/mol. The summed E-state index contributed by atoms with van der Waals surface area (Å²) < 4.78 is 27.2. The standard InChI is InChI=1S/C13H17ClN2O2S/c1-9-6-10-7-15-8-13(10)16(9)19(17,18)12-4-2-11(14)3-5-12/h2-5,9-10,13,15H,6-8H2,1H3. The van der Waals surface area contributed by atoms with Crippen LogP contribution in [0.2, 0.25) is 5.02 Å². The van der Waals surface area contributed by atoms with Crippen molar-refractivity contribution in [3.63, 3.8) is 0 Å². The molecule has 0 spiro atoms. The fraction of sp³-hybridized carbons (Fsp3) is 0.538. The minimum Gasteiger partial charge on any atom is -0.315 e. The Hall–Kier alpha value is -0.620. The second kappa shape index (κ2) is 4.74. The highest BCUT2D eigenvalue weighted by Gasteiger charge is 2.47. The van der Waals surface area contributed by atoms with Crippen LogP contribution < -0.4 is 5.32 Å². The van der Waals surface area contributed by atoms with E-state index in [1.54, 1.807) is 28.6 Å². The molecule has 0 bridgehead atoms.